The van der Waals surface area contributed by atoms with Crippen LogP contribution < -0.4 is 9.80 Å². The van der Waals surface area contributed by atoms with E-state index in [9.17, 15) is 0 Å². The fourth-order valence-electron chi connectivity index (χ4n) is 11.9. The van der Waals surface area contributed by atoms with Crippen LogP contribution in [0.15, 0.2) is 206 Å². The second kappa shape index (κ2) is 14.5. The molecule has 0 saturated heterocycles. The molecule has 0 N–H and O–H groups in total. The van der Waals surface area contributed by atoms with E-state index < -0.39 is 0 Å². The van der Waals surface area contributed by atoms with Crippen molar-refractivity contribution in [3.8, 4) is 22.3 Å². The molecule has 2 heterocycles. The van der Waals surface area contributed by atoms with Gasteiger partial charge in [0.15, 0.2) is 0 Å². The Kier molecular flexibility index (Phi) is 8.45. The summed E-state index contributed by atoms with van der Waals surface area (Å²) in [4.78, 5) is 5.00. The average Bonchev–Trinajstić information content (AvgIpc) is 4.07. The SMILES string of the molecule is CC1(C)c2cc(N(c3ccccc3)c3cccc4c3sc3ccccc34)ccc2-c2cc3c(cc21)C(C)(C)c1cc(N(c2ccccc2)c2cccc4c2sc2ccccc24)c2ccccc2c1-3. The van der Waals surface area contributed by atoms with Gasteiger partial charge in [-0.1, -0.05) is 161 Å². The zero-order valence-electron chi connectivity index (χ0n) is 38.3. The molecule has 12 aromatic rings. The Morgan fingerprint density at radius 3 is 1.43 bits per heavy atom. The highest BCUT2D eigenvalue weighted by Gasteiger charge is 2.43. The first-order valence-electron chi connectivity index (χ1n) is 23.7. The van der Waals surface area contributed by atoms with E-state index in [4.69, 9.17) is 0 Å². The van der Waals surface area contributed by atoms with E-state index in [-0.39, 0.29) is 10.8 Å². The van der Waals surface area contributed by atoms with Crippen molar-refractivity contribution in [3.05, 3.63) is 229 Å². The van der Waals surface area contributed by atoms with Crippen LogP contribution in [0.2, 0.25) is 0 Å². The van der Waals surface area contributed by atoms with E-state index in [0.717, 1.165) is 11.4 Å². The molecule has 4 heteroatoms. The van der Waals surface area contributed by atoms with Gasteiger partial charge in [-0.05, 0) is 123 Å². The molecule has 0 aliphatic heterocycles. The molecular weight excluding hydrogens is 861 g/mol. The number of rotatable bonds is 6. The summed E-state index contributed by atoms with van der Waals surface area (Å²) < 4.78 is 5.23. The summed E-state index contributed by atoms with van der Waals surface area (Å²) in [6, 6.07) is 77.1. The molecule has 68 heavy (non-hydrogen) atoms. The van der Waals surface area contributed by atoms with Gasteiger partial charge in [-0.25, -0.2) is 0 Å². The van der Waals surface area contributed by atoms with E-state index in [0.29, 0.717) is 0 Å². The van der Waals surface area contributed by atoms with Gasteiger partial charge in [0, 0.05) is 64.2 Å². The van der Waals surface area contributed by atoms with Gasteiger partial charge in [-0.15, -0.1) is 22.7 Å². The topological polar surface area (TPSA) is 6.48 Å². The molecule has 2 aliphatic carbocycles. The van der Waals surface area contributed by atoms with Crippen LogP contribution in [0.5, 0.6) is 0 Å². The highest BCUT2D eigenvalue weighted by Crippen LogP contribution is 2.60. The summed E-state index contributed by atoms with van der Waals surface area (Å²) in [7, 11) is 0. The average molecular weight is 907 g/mol. The minimum atomic E-state index is -0.256. The first-order valence-corrected chi connectivity index (χ1v) is 25.3. The Morgan fingerprint density at radius 1 is 0.309 bits per heavy atom. The highest BCUT2D eigenvalue weighted by molar-refractivity contribution is 7.26. The van der Waals surface area contributed by atoms with E-state index in [1.165, 1.54) is 118 Å². The second-order valence-corrected chi connectivity index (χ2v) is 21.7. The largest absolute Gasteiger partial charge is 0.309 e. The Hall–Kier alpha value is -7.50. The Morgan fingerprint density at radius 2 is 0.794 bits per heavy atom. The van der Waals surface area contributed by atoms with E-state index >= 15 is 0 Å². The quantitative estimate of drug-likeness (QED) is 0.164. The summed E-state index contributed by atoms with van der Waals surface area (Å²) in [5.74, 6) is 0. The van der Waals surface area contributed by atoms with Crippen molar-refractivity contribution in [3.63, 3.8) is 0 Å². The molecule has 0 spiro atoms. The lowest BCUT2D eigenvalue weighted by atomic mass is 9.77. The minimum absolute atomic E-state index is 0.229. The highest BCUT2D eigenvalue weighted by atomic mass is 32.1. The lowest BCUT2D eigenvalue weighted by Crippen LogP contribution is -2.19. The van der Waals surface area contributed by atoms with Crippen LogP contribution in [0.25, 0.3) is 73.4 Å². The molecule has 0 atom stereocenters. The van der Waals surface area contributed by atoms with Crippen LogP contribution in [0.1, 0.15) is 49.9 Å². The standard InChI is InChI=1S/C64H46N2S2/c1-63(2)51-35-41(65(39-19-7-5-8-20-39)55-29-17-27-47-44-24-13-15-31-58(44)67-61(47)55)33-34-42(51)49-36-50-53(37-52(49)63)64(3,4)54-38-57(43-23-11-12-26-46(43)60(50)54)66(40-21-9-6-10-22-40)56-30-18-28-48-45-25-14-16-32-59(45)68-62(48)56/h5-38H,1-4H3. The number of hydrogen-bond donors (Lipinski definition) is 0. The maximum atomic E-state index is 2.58. The molecule has 0 unspecified atom stereocenters. The van der Waals surface area contributed by atoms with E-state index in [1.54, 1.807) is 0 Å². The summed E-state index contributed by atoms with van der Waals surface area (Å²) in [5.41, 5.74) is 17.5. The van der Waals surface area contributed by atoms with Crippen molar-refractivity contribution >= 4 is 108 Å². The molecule has 14 rings (SSSR count). The summed E-state index contributed by atoms with van der Waals surface area (Å²) >= 11 is 3.77. The predicted molar refractivity (Wildman–Crippen MR) is 294 cm³/mol. The van der Waals surface area contributed by atoms with Crippen molar-refractivity contribution in [2.75, 3.05) is 9.80 Å². The lowest BCUT2D eigenvalue weighted by molar-refractivity contribution is 0.639. The van der Waals surface area contributed by atoms with Gasteiger partial charge in [0.25, 0.3) is 0 Å². The molecular formula is C64H46N2S2. The summed E-state index contributed by atoms with van der Waals surface area (Å²) in [6.07, 6.45) is 0. The van der Waals surface area contributed by atoms with E-state index in [2.05, 4.69) is 244 Å². The Balaban J connectivity index is 0.949. The zero-order chi connectivity index (χ0) is 45.5. The van der Waals surface area contributed by atoms with Crippen molar-refractivity contribution in [1.29, 1.82) is 0 Å². The van der Waals surface area contributed by atoms with Crippen molar-refractivity contribution in [1.82, 2.24) is 0 Å². The first kappa shape index (κ1) is 39.6. The van der Waals surface area contributed by atoms with Crippen molar-refractivity contribution in [2.24, 2.45) is 0 Å². The van der Waals surface area contributed by atoms with E-state index in [1.807, 2.05) is 22.7 Å². The number of benzene rings is 10. The molecule has 0 amide bonds. The first-order chi connectivity index (χ1) is 33.3. The van der Waals surface area contributed by atoms with Gasteiger partial charge in [-0.3, -0.25) is 0 Å². The molecule has 2 aromatic heterocycles. The lowest BCUT2D eigenvalue weighted by Gasteiger charge is -2.30. The number of anilines is 6. The molecule has 0 radical (unpaired) electrons. The third kappa shape index (κ3) is 5.56. The van der Waals surface area contributed by atoms with Crippen molar-refractivity contribution < 1.29 is 0 Å². The van der Waals surface area contributed by atoms with Gasteiger partial charge in [0.05, 0.1) is 26.5 Å². The molecule has 324 valence electrons. The molecule has 2 aliphatic rings. The third-order valence-corrected chi connectivity index (χ3v) is 17.6. The fourth-order valence-corrected chi connectivity index (χ4v) is 14.3. The maximum absolute atomic E-state index is 2.58. The number of thiophene rings is 2. The van der Waals surface area contributed by atoms with Crippen LogP contribution in [0.3, 0.4) is 0 Å². The fraction of sp³-hybridized carbons (Fsp3) is 0.0938. The zero-order valence-corrected chi connectivity index (χ0v) is 40.0. The Labute approximate surface area is 404 Å². The van der Waals surface area contributed by atoms with Crippen molar-refractivity contribution in [2.45, 2.75) is 38.5 Å². The van der Waals surface area contributed by atoms with Gasteiger partial charge in [0.1, 0.15) is 0 Å². The molecule has 0 fully saturated rings. The molecule has 0 saturated carbocycles. The monoisotopic (exact) mass is 906 g/mol. The summed E-state index contributed by atoms with van der Waals surface area (Å²) in [5, 5.41) is 7.76. The molecule has 10 aromatic carbocycles. The number of hydrogen-bond acceptors (Lipinski definition) is 4. The van der Waals surface area contributed by atoms with Crippen LogP contribution >= 0.6 is 22.7 Å². The minimum Gasteiger partial charge on any atom is -0.309 e. The third-order valence-electron chi connectivity index (χ3n) is 15.2. The van der Waals surface area contributed by atoms with Crippen LogP contribution in [0, 0.1) is 0 Å². The van der Waals surface area contributed by atoms with Crippen LogP contribution in [0.4, 0.5) is 34.1 Å². The van der Waals surface area contributed by atoms with Gasteiger partial charge >= 0.3 is 0 Å². The van der Waals surface area contributed by atoms with Gasteiger partial charge in [-0.2, -0.15) is 0 Å². The number of fused-ring (bicyclic) bond motifs is 14. The summed E-state index contributed by atoms with van der Waals surface area (Å²) in [6.45, 7) is 9.76. The van der Waals surface area contributed by atoms with Crippen LogP contribution in [-0.2, 0) is 10.8 Å². The number of para-hydroxylation sites is 2. The number of nitrogens with zero attached hydrogens (tertiary/aromatic N) is 2. The normalized spacial score (nSPS) is 14.1. The molecule has 2 nitrogen and oxygen atoms in total. The Bertz CT molecular complexity index is 4040. The van der Waals surface area contributed by atoms with Gasteiger partial charge < -0.3 is 9.80 Å². The molecule has 0 bridgehead atoms. The predicted octanol–water partition coefficient (Wildman–Crippen LogP) is 19.1. The maximum Gasteiger partial charge on any atom is 0.0640 e. The van der Waals surface area contributed by atoms with Gasteiger partial charge in [0.2, 0.25) is 0 Å². The van der Waals surface area contributed by atoms with Crippen LogP contribution in [-0.4, -0.2) is 0 Å². The smallest absolute Gasteiger partial charge is 0.0640 e. The second-order valence-electron chi connectivity index (χ2n) is 19.6.